The smallest absolute Gasteiger partial charge is 0.253 e. The lowest BCUT2D eigenvalue weighted by Gasteiger charge is -2.31. The molecule has 0 amide bonds. The molecule has 1 saturated heterocycles. The molecule has 1 fully saturated rings. The van der Waals surface area contributed by atoms with Crippen LogP contribution in [0.15, 0.2) is 21.7 Å². The Morgan fingerprint density at radius 1 is 1.25 bits per heavy atom. The van der Waals surface area contributed by atoms with Gasteiger partial charge in [0.1, 0.15) is 11.5 Å². The van der Waals surface area contributed by atoms with E-state index in [-0.39, 0.29) is 11.0 Å². The molecule has 4 heterocycles. The summed E-state index contributed by atoms with van der Waals surface area (Å²) in [6, 6.07) is 1.69. The first-order chi connectivity index (χ1) is 13.4. The van der Waals surface area contributed by atoms with Gasteiger partial charge in [0.2, 0.25) is 0 Å². The van der Waals surface area contributed by atoms with Gasteiger partial charge < -0.3 is 9.26 Å². The second-order valence-corrected chi connectivity index (χ2v) is 9.07. The molecule has 4 rings (SSSR count). The molecular weight excluding hydrogens is 356 g/mol. The van der Waals surface area contributed by atoms with Crippen LogP contribution in [0.2, 0.25) is 0 Å². The largest absolute Gasteiger partial charge is 0.376 e. The predicted octanol–water partition coefficient (Wildman–Crippen LogP) is 2.51. The minimum atomic E-state index is -0.102. The molecule has 0 saturated carbocycles. The molecular formula is C21H30N4O3. The molecule has 0 spiro atoms. The number of aromatic nitrogens is 3. The first-order valence-corrected chi connectivity index (χ1v) is 10.2. The Bertz CT molecular complexity index is 873. The number of fused-ring (bicyclic) bond motifs is 1. The van der Waals surface area contributed by atoms with Gasteiger partial charge in [0.05, 0.1) is 25.2 Å². The summed E-state index contributed by atoms with van der Waals surface area (Å²) in [6.45, 7) is 11.1. The number of piperidine rings is 1. The highest BCUT2D eigenvalue weighted by Crippen LogP contribution is 2.25. The number of hydrogen-bond acceptors (Lipinski definition) is 6. The zero-order valence-electron chi connectivity index (χ0n) is 17.1. The van der Waals surface area contributed by atoms with Crippen LogP contribution in [-0.2, 0) is 36.3 Å². The highest BCUT2D eigenvalue weighted by atomic mass is 16.5. The minimum absolute atomic E-state index is 0.0524. The quantitative estimate of drug-likeness (QED) is 0.804. The van der Waals surface area contributed by atoms with Crippen molar-refractivity contribution < 1.29 is 9.26 Å². The van der Waals surface area contributed by atoms with Crippen molar-refractivity contribution in [2.24, 2.45) is 5.92 Å². The second kappa shape index (κ2) is 7.79. The van der Waals surface area contributed by atoms with Crippen LogP contribution in [0.3, 0.4) is 0 Å². The van der Waals surface area contributed by atoms with Gasteiger partial charge in [0.15, 0.2) is 0 Å². The molecule has 7 heteroatoms. The molecule has 0 aromatic carbocycles. The van der Waals surface area contributed by atoms with Crippen molar-refractivity contribution in [3.8, 4) is 0 Å². The van der Waals surface area contributed by atoms with Gasteiger partial charge in [0.25, 0.3) is 5.56 Å². The van der Waals surface area contributed by atoms with Gasteiger partial charge in [-0.25, -0.2) is 4.98 Å². The average Bonchev–Trinajstić information content (AvgIpc) is 3.07. The number of likely N-dealkylation sites (tertiary alicyclic amines) is 1. The topological polar surface area (TPSA) is 73.4 Å². The van der Waals surface area contributed by atoms with Gasteiger partial charge in [-0.2, -0.15) is 0 Å². The van der Waals surface area contributed by atoms with Gasteiger partial charge >= 0.3 is 0 Å². The zero-order chi connectivity index (χ0) is 19.7. The highest BCUT2D eigenvalue weighted by Gasteiger charge is 2.25. The third-order valence-corrected chi connectivity index (χ3v) is 5.85. The molecule has 0 aliphatic carbocycles. The van der Waals surface area contributed by atoms with Crippen LogP contribution >= 0.6 is 0 Å². The third kappa shape index (κ3) is 4.20. The fourth-order valence-electron chi connectivity index (χ4n) is 4.00. The third-order valence-electron chi connectivity index (χ3n) is 5.85. The van der Waals surface area contributed by atoms with E-state index in [9.17, 15) is 4.79 Å². The number of nitrogens with zero attached hydrogens (tertiary/aromatic N) is 4. The molecule has 2 aromatic heterocycles. The van der Waals surface area contributed by atoms with E-state index in [4.69, 9.17) is 9.26 Å². The molecule has 7 nitrogen and oxygen atoms in total. The maximum absolute atomic E-state index is 12.5. The molecule has 152 valence electrons. The Morgan fingerprint density at radius 3 is 2.75 bits per heavy atom. The maximum Gasteiger partial charge on any atom is 0.253 e. The van der Waals surface area contributed by atoms with Crippen LogP contribution in [-0.4, -0.2) is 39.3 Å². The van der Waals surface area contributed by atoms with Crippen molar-refractivity contribution in [3.05, 3.63) is 45.5 Å². The summed E-state index contributed by atoms with van der Waals surface area (Å²) in [7, 11) is 0. The molecule has 0 N–H and O–H groups in total. The fourth-order valence-corrected chi connectivity index (χ4v) is 4.00. The number of hydrogen-bond donors (Lipinski definition) is 0. The normalized spacial score (nSPS) is 19.0. The summed E-state index contributed by atoms with van der Waals surface area (Å²) in [6.07, 6.45) is 4.69. The molecule has 2 aliphatic heterocycles. The number of rotatable bonds is 4. The van der Waals surface area contributed by atoms with E-state index in [1.54, 1.807) is 17.0 Å². The predicted molar refractivity (Wildman–Crippen MR) is 105 cm³/mol. The molecule has 28 heavy (non-hydrogen) atoms. The van der Waals surface area contributed by atoms with E-state index in [2.05, 4.69) is 35.8 Å². The molecule has 2 aromatic rings. The first kappa shape index (κ1) is 19.3. The molecule has 2 aliphatic rings. The maximum atomic E-state index is 12.5. The van der Waals surface area contributed by atoms with Crippen molar-refractivity contribution in [3.63, 3.8) is 0 Å². The van der Waals surface area contributed by atoms with Crippen molar-refractivity contribution in [2.45, 2.75) is 65.1 Å². The Morgan fingerprint density at radius 2 is 2.04 bits per heavy atom. The fraction of sp³-hybridized carbons (Fsp3) is 0.667. The van der Waals surface area contributed by atoms with Crippen LogP contribution in [0.5, 0.6) is 0 Å². The Kier molecular flexibility index (Phi) is 5.38. The van der Waals surface area contributed by atoms with E-state index in [0.29, 0.717) is 12.5 Å². The Balaban J connectivity index is 1.32. The lowest BCUT2D eigenvalue weighted by molar-refractivity contribution is 0.102. The van der Waals surface area contributed by atoms with Crippen LogP contribution in [0, 0.1) is 5.92 Å². The Labute approximate surface area is 165 Å². The summed E-state index contributed by atoms with van der Waals surface area (Å²) in [4.78, 5) is 19.4. The van der Waals surface area contributed by atoms with E-state index < -0.39 is 0 Å². The Hall–Kier alpha value is -1.99. The summed E-state index contributed by atoms with van der Waals surface area (Å²) >= 11 is 0. The second-order valence-electron chi connectivity index (χ2n) is 9.07. The van der Waals surface area contributed by atoms with Crippen molar-refractivity contribution in [1.82, 2.24) is 19.6 Å². The van der Waals surface area contributed by atoms with Crippen molar-refractivity contribution >= 4 is 0 Å². The summed E-state index contributed by atoms with van der Waals surface area (Å²) < 4.78 is 12.8. The zero-order valence-corrected chi connectivity index (χ0v) is 17.1. The summed E-state index contributed by atoms with van der Waals surface area (Å²) in [5.74, 6) is 1.49. The van der Waals surface area contributed by atoms with Gasteiger partial charge in [-0.15, -0.1) is 0 Å². The first-order valence-electron chi connectivity index (χ1n) is 10.2. The van der Waals surface area contributed by atoms with Crippen LogP contribution in [0.25, 0.3) is 0 Å². The van der Waals surface area contributed by atoms with Crippen LogP contribution in [0.4, 0.5) is 0 Å². The van der Waals surface area contributed by atoms with Gasteiger partial charge in [-0.05, 0) is 31.8 Å². The van der Waals surface area contributed by atoms with E-state index in [1.165, 1.54) is 0 Å². The SMILES string of the molecule is CC(C)(C)c1cc(=O)n(CC2CCN(Cc3noc4c3COCC4)CC2)cn1. The molecule has 0 radical (unpaired) electrons. The van der Waals surface area contributed by atoms with Gasteiger partial charge in [-0.3, -0.25) is 14.3 Å². The molecule has 0 unspecified atom stereocenters. The summed E-state index contributed by atoms with van der Waals surface area (Å²) in [5.41, 5.74) is 2.96. The van der Waals surface area contributed by atoms with E-state index in [1.807, 2.05) is 0 Å². The van der Waals surface area contributed by atoms with Crippen LogP contribution < -0.4 is 5.56 Å². The average molecular weight is 386 g/mol. The highest BCUT2D eigenvalue weighted by molar-refractivity contribution is 5.23. The van der Waals surface area contributed by atoms with Gasteiger partial charge in [0, 0.05) is 36.6 Å². The molecule has 0 bridgehead atoms. The van der Waals surface area contributed by atoms with Crippen LogP contribution in [0.1, 0.15) is 56.3 Å². The number of ether oxygens (including phenoxy) is 1. The minimum Gasteiger partial charge on any atom is -0.376 e. The van der Waals surface area contributed by atoms with E-state index >= 15 is 0 Å². The lowest BCUT2D eigenvalue weighted by Crippen LogP contribution is -2.36. The van der Waals surface area contributed by atoms with Crippen molar-refractivity contribution in [1.29, 1.82) is 0 Å². The lowest BCUT2D eigenvalue weighted by atomic mass is 9.92. The summed E-state index contributed by atoms with van der Waals surface area (Å²) in [5, 5.41) is 4.27. The van der Waals surface area contributed by atoms with Crippen molar-refractivity contribution in [2.75, 3.05) is 19.7 Å². The molecule has 0 atom stereocenters. The standard InChI is InChI=1S/C21H30N4O3/c1-21(2,3)19-10-20(26)25(14-22-19)11-15-4-7-24(8-5-15)12-17-16-13-27-9-6-18(16)28-23-17/h10,14-15H,4-9,11-13H2,1-3H3. The monoisotopic (exact) mass is 386 g/mol. The van der Waals surface area contributed by atoms with Gasteiger partial charge in [-0.1, -0.05) is 25.9 Å². The van der Waals surface area contributed by atoms with E-state index in [0.717, 1.165) is 74.8 Å².